The van der Waals surface area contributed by atoms with E-state index in [1.807, 2.05) is 28.8 Å². The summed E-state index contributed by atoms with van der Waals surface area (Å²) in [5.74, 6) is 0.405. The van der Waals surface area contributed by atoms with Gasteiger partial charge in [-0.15, -0.1) is 0 Å². The number of aromatic nitrogens is 2. The summed E-state index contributed by atoms with van der Waals surface area (Å²) >= 11 is 0. The number of pyridine rings is 1. The zero-order valence-corrected chi connectivity index (χ0v) is 10.8. The van der Waals surface area contributed by atoms with Crippen molar-refractivity contribution in [2.45, 2.75) is 0 Å². The lowest BCUT2D eigenvalue weighted by Crippen LogP contribution is -2.44. The van der Waals surface area contributed by atoms with Crippen LogP contribution in [0.3, 0.4) is 0 Å². The highest BCUT2D eigenvalue weighted by Gasteiger charge is 2.22. The van der Waals surface area contributed by atoms with Crippen molar-refractivity contribution in [2.75, 3.05) is 38.2 Å². The molecule has 0 spiro atoms. The number of nitrogens with zero attached hydrogens (tertiary/aromatic N) is 3. The molecule has 0 bridgehead atoms. The minimum atomic E-state index is -0.398. The maximum Gasteiger partial charge on any atom is 0.359 e. The topological polar surface area (TPSA) is 58.9 Å². The molecule has 2 aromatic heterocycles. The fourth-order valence-electron chi connectivity index (χ4n) is 2.36. The number of piperazine rings is 1. The Morgan fingerprint density at radius 3 is 2.89 bits per heavy atom. The summed E-state index contributed by atoms with van der Waals surface area (Å²) < 4.78 is 6.74. The zero-order chi connectivity index (χ0) is 13.2. The second-order valence-corrected chi connectivity index (χ2v) is 4.44. The summed E-state index contributed by atoms with van der Waals surface area (Å²) in [5.41, 5.74) is 1.15. The first-order valence-corrected chi connectivity index (χ1v) is 6.32. The molecule has 0 aliphatic carbocycles. The first kappa shape index (κ1) is 12.0. The number of imidazole rings is 1. The largest absolute Gasteiger partial charge is 0.464 e. The van der Waals surface area contributed by atoms with Gasteiger partial charge in [0, 0.05) is 32.4 Å². The molecule has 3 heterocycles. The molecule has 0 unspecified atom stereocenters. The lowest BCUT2D eigenvalue weighted by atomic mass is 10.3. The van der Waals surface area contributed by atoms with E-state index < -0.39 is 5.97 Å². The molecule has 6 nitrogen and oxygen atoms in total. The van der Waals surface area contributed by atoms with Crippen LogP contribution in [0.1, 0.15) is 10.5 Å². The standard InChI is InChI=1S/C13H16N4O2/c1-19-12(18)11-10-4-2-3-7-17(10)13(15-11)16-8-5-14-6-9-16/h2-4,7,14H,5-6,8-9H2,1H3. The molecule has 6 heteroatoms. The predicted octanol–water partition coefficient (Wildman–Crippen LogP) is 0.531. The predicted molar refractivity (Wildman–Crippen MR) is 71.6 cm³/mol. The molecule has 0 amide bonds. The van der Waals surface area contributed by atoms with Crippen LogP contribution in [0.5, 0.6) is 0 Å². The van der Waals surface area contributed by atoms with Crippen molar-refractivity contribution in [1.29, 1.82) is 0 Å². The van der Waals surface area contributed by atoms with E-state index in [-0.39, 0.29) is 0 Å². The van der Waals surface area contributed by atoms with Gasteiger partial charge in [-0.2, -0.15) is 0 Å². The lowest BCUT2D eigenvalue weighted by Gasteiger charge is -2.27. The number of rotatable bonds is 2. The third-order valence-corrected chi connectivity index (χ3v) is 3.31. The van der Waals surface area contributed by atoms with Crippen molar-refractivity contribution in [2.24, 2.45) is 0 Å². The number of ether oxygens (including phenoxy) is 1. The molecule has 1 N–H and O–H groups in total. The molecule has 1 aliphatic rings. The van der Waals surface area contributed by atoms with Gasteiger partial charge in [-0.3, -0.25) is 4.40 Å². The number of nitrogens with one attached hydrogen (secondary N) is 1. The molecule has 0 saturated carbocycles. The highest BCUT2D eigenvalue weighted by molar-refractivity contribution is 5.95. The molecule has 1 saturated heterocycles. The SMILES string of the molecule is COC(=O)c1nc(N2CCNCC2)n2ccccc12. The summed E-state index contributed by atoms with van der Waals surface area (Å²) in [6, 6.07) is 5.71. The Hall–Kier alpha value is -2.08. The van der Waals surface area contributed by atoms with Crippen LogP contribution in [0, 0.1) is 0 Å². The second-order valence-electron chi connectivity index (χ2n) is 4.44. The van der Waals surface area contributed by atoms with E-state index in [2.05, 4.69) is 15.2 Å². The number of hydrogen-bond donors (Lipinski definition) is 1. The Bertz CT molecular complexity index is 602. The normalized spacial score (nSPS) is 15.7. The lowest BCUT2D eigenvalue weighted by molar-refractivity contribution is 0.0597. The van der Waals surface area contributed by atoms with Gasteiger partial charge in [-0.1, -0.05) is 6.07 Å². The molecule has 0 atom stereocenters. The Labute approximate surface area is 111 Å². The fourth-order valence-corrected chi connectivity index (χ4v) is 2.36. The Morgan fingerprint density at radius 1 is 1.37 bits per heavy atom. The highest BCUT2D eigenvalue weighted by Crippen LogP contribution is 2.21. The van der Waals surface area contributed by atoms with Crippen molar-refractivity contribution in [3.8, 4) is 0 Å². The van der Waals surface area contributed by atoms with Crippen LogP contribution in [0.2, 0.25) is 0 Å². The molecule has 19 heavy (non-hydrogen) atoms. The van der Waals surface area contributed by atoms with Gasteiger partial charge in [0.15, 0.2) is 5.69 Å². The van der Waals surface area contributed by atoms with Gasteiger partial charge in [0.1, 0.15) is 0 Å². The average molecular weight is 260 g/mol. The Morgan fingerprint density at radius 2 is 2.16 bits per heavy atom. The van der Waals surface area contributed by atoms with Gasteiger partial charge >= 0.3 is 5.97 Å². The minimum Gasteiger partial charge on any atom is -0.464 e. The van der Waals surface area contributed by atoms with Crippen LogP contribution in [-0.2, 0) is 4.74 Å². The number of anilines is 1. The van der Waals surface area contributed by atoms with Gasteiger partial charge < -0.3 is 15.0 Å². The van der Waals surface area contributed by atoms with Gasteiger partial charge in [0.25, 0.3) is 0 Å². The monoisotopic (exact) mass is 260 g/mol. The van der Waals surface area contributed by atoms with E-state index in [0.717, 1.165) is 37.6 Å². The van der Waals surface area contributed by atoms with Crippen molar-refractivity contribution in [3.63, 3.8) is 0 Å². The summed E-state index contributed by atoms with van der Waals surface area (Å²) in [4.78, 5) is 18.4. The van der Waals surface area contributed by atoms with Crippen molar-refractivity contribution >= 4 is 17.4 Å². The molecule has 1 aliphatic heterocycles. The first-order chi connectivity index (χ1) is 9.31. The van der Waals surface area contributed by atoms with Crippen LogP contribution in [0.4, 0.5) is 5.95 Å². The van der Waals surface area contributed by atoms with Gasteiger partial charge in [-0.05, 0) is 12.1 Å². The smallest absolute Gasteiger partial charge is 0.359 e. The summed E-state index contributed by atoms with van der Waals surface area (Å²) in [5, 5.41) is 3.30. The highest BCUT2D eigenvalue weighted by atomic mass is 16.5. The number of carbonyl (C=O) groups excluding carboxylic acids is 1. The first-order valence-electron chi connectivity index (χ1n) is 6.32. The summed E-state index contributed by atoms with van der Waals surface area (Å²) in [6.45, 7) is 3.62. The van der Waals surface area contributed by atoms with E-state index in [0.29, 0.717) is 5.69 Å². The van der Waals surface area contributed by atoms with E-state index in [4.69, 9.17) is 4.74 Å². The van der Waals surface area contributed by atoms with Gasteiger partial charge in [0.2, 0.25) is 5.95 Å². The number of fused-ring (bicyclic) bond motifs is 1. The minimum absolute atomic E-state index is 0.372. The molecule has 0 radical (unpaired) electrons. The van der Waals surface area contributed by atoms with Crippen LogP contribution < -0.4 is 10.2 Å². The van der Waals surface area contributed by atoms with Gasteiger partial charge in [-0.25, -0.2) is 9.78 Å². The third kappa shape index (κ3) is 2.04. The maximum absolute atomic E-state index is 11.8. The maximum atomic E-state index is 11.8. The Balaban J connectivity index is 2.11. The summed E-state index contributed by atoms with van der Waals surface area (Å²) in [7, 11) is 1.38. The van der Waals surface area contributed by atoms with E-state index in [9.17, 15) is 4.79 Å². The Kier molecular flexibility index (Phi) is 3.08. The number of methoxy groups -OCH3 is 1. The number of carbonyl (C=O) groups is 1. The van der Waals surface area contributed by atoms with E-state index in [1.165, 1.54) is 7.11 Å². The van der Waals surface area contributed by atoms with Crippen LogP contribution in [-0.4, -0.2) is 48.6 Å². The van der Waals surface area contributed by atoms with Crippen LogP contribution in [0.25, 0.3) is 5.52 Å². The second kappa shape index (κ2) is 4.89. The molecule has 0 aromatic carbocycles. The van der Waals surface area contributed by atoms with Crippen molar-refractivity contribution in [1.82, 2.24) is 14.7 Å². The average Bonchev–Trinajstić information content (AvgIpc) is 2.87. The van der Waals surface area contributed by atoms with Crippen molar-refractivity contribution < 1.29 is 9.53 Å². The molecular weight excluding hydrogens is 244 g/mol. The van der Waals surface area contributed by atoms with Crippen LogP contribution in [0.15, 0.2) is 24.4 Å². The molecule has 2 aromatic rings. The van der Waals surface area contributed by atoms with Gasteiger partial charge in [0.05, 0.1) is 12.6 Å². The molecular formula is C13H16N4O2. The van der Waals surface area contributed by atoms with E-state index in [1.54, 1.807) is 0 Å². The zero-order valence-electron chi connectivity index (χ0n) is 10.8. The number of esters is 1. The number of hydrogen-bond acceptors (Lipinski definition) is 5. The quantitative estimate of drug-likeness (QED) is 0.798. The van der Waals surface area contributed by atoms with Crippen molar-refractivity contribution in [3.05, 3.63) is 30.1 Å². The third-order valence-electron chi connectivity index (χ3n) is 3.31. The fraction of sp³-hybridized carbons (Fsp3) is 0.385. The molecule has 3 rings (SSSR count). The molecule has 1 fully saturated rings. The molecule has 100 valence electrons. The van der Waals surface area contributed by atoms with Crippen LogP contribution >= 0.6 is 0 Å². The summed E-state index contributed by atoms with van der Waals surface area (Å²) in [6.07, 6.45) is 1.92. The van der Waals surface area contributed by atoms with E-state index >= 15 is 0 Å².